The van der Waals surface area contributed by atoms with E-state index in [0.717, 1.165) is 41.3 Å². The number of anilines is 1. The molecule has 0 atom stereocenters. The van der Waals surface area contributed by atoms with Crippen LogP contribution in [-0.2, 0) is 4.74 Å². The number of nitrogens with zero attached hydrogens (tertiary/aromatic N) is 2. The highest BCUT2D eigenvalue weighted by Gasteiger charge is 2.04. The van der Waals surface area contributed by atoms with E-state index in [-0.39, 0.29) is 0 Å². The number of rotatable bonds is 8. The van der Waals surface area contributed by atoms with Crippen molar-refractivity contribution in [3.63, 3.8) is 0 Å². The van der Waals surface area contributed by atoms with Crippen LogP contribution in [0.5, 0.6) is 0 Å². The zero-order valence-corrected chi connectivity index (χ0v) is 12.2. The molecule has 0 spiro atoms. The minimum atomic E-state index is 0.799. The van der Waals surface area contributed by atoms with Gasteiger partial charge in [-0.1, -0.05) is 11.8 Å². The van der Waals surface area contributed by atoms with Gasteiger partial charge in [-0.25, -0.2) is 9.97 Å². The molecule has 1 N–H and O–H groups in total. The number of hydrogen-bond acceptors (Lipinski definition) is 6. The van der Waals surface area contributed by atoms with E-state index >= 15 is 0 Å². The van der Waals surface area contributed by atoms with E-state index in [2.05, 4.69) is 22.2 Å². The molecule has 0 aromatic carbocycles. The monoisotopic (exact) mass is 273 g/mol. The summed E-state index contributed by atoms with van der Waals surface area (Å²) in [5, 5.41) is 5.06. The molecule has 0 bridgehead atoms. The van der Waals surface area contributed by atoms with Crippen molar-refractivity contribution < 1.29 is 4.74 Å². The smallest absolute Gasteiger partial charge is 0.190 e. The highest BCUT2D eigenvalue weighted by Crippen LogP contribution is 2.22. The number of hydrogen-bond donors (Lipinski definition) is 1. The Morgan fingerprint density at radius 2 is 2.24 bits per heavy atom. The molecular weight excluding hydrogens is 254 g/mol. The SMILES string of the molecule is CCNc1cc(SCCCOC)nc(SC)n1. The molecule has 0 unspecified atom stereocenters. The number of nitrogens with one attached hydrogen (secondary N) is 1. The molecule has 6 heteroatoms. The Bertz CT molecular complexity index is 336. The number of aromatic nitrogens is 2. The Morgan fingerprint density at radius 3 is 2.88 bits per heavy atom. The summed E-state index contributed by atoms with van der Waals surface area (Å²) in [6.07, 6.45) is 3.03. The molecule has 0 amide bonds. The summed E-state index contributed by atoms with van der Waals surface area (Å²) in [5.41, 5.74) is 0. The molecular formula is C11H19N3OS2. The van der Waals surface area contributed by atoms with E-state index in [1.54, 1.807) is 30.6 Å². The molecule has 0 fully saturated rings. The number of thioether (sulfide) groups is 2. The van der Waals surface area contributed by atoms with Crippen molar-refractivity contribution in [1.82, 2.24) is 9.97 Å². The van der Waals surface area contributed by atoms with Crippen LogP contribution in [0.25, 0.3) is 0 Å². The van der Waals surface area contributed by atoms with Crippen molar-refractivity contribution in [2.75, 3.05) is 37.6 Å². The van der Waals surface area contributed by atoms with Crippen molar-refractivity contribution in [3.05, 3.63) is 6.07 Å². The molecule has 17 heavy (non-hydrogen) atoms. The zero-order chi connectivity index (χ0) is 12.5. The number of ether oxygens (including phenoxy) is 1. The van der Waals surface area contributed by atoms with Crippen LogP contribution in [0.1, 0.15) is 13.3 Å². The number of methoxy groups -OCH3 is 1. The predicted molar refractivity (Wildman–Crippen MR) is 75.2 cm³/mol. The van der Waals surface area contributed by atoms with Crippen LogP contribution < -0.4 is 5.32 Å². The first-order valence-corrected chi connectivity index (χ1v) is 7.79. The van der Waals surface area contributed by atoms with Crippen LogP contribution in [-0.4, -0.2) is 42.2 Å². The van der Waals surface area contributed by atoms with Gasteiger partial charge in [-0.3, -0.25) is 0 Å². The van der Waals surface area contributed by atoms with Crippen LogP contribution in [0.4, 0.5) is 5.82 Å². The predicted octanol–water partition coefficient (Wildman–Crippen LogP) is 2.76. The van der Waals surface area contributed by atoms with E-state index in [9.17, 15) is 0 Å². The van der Waals surface area contributed by atoms with Crippen molar-refractivity contribution in [3.8, 4) is 0 Å². The fraction of sp³-hybridized carbons (Fsp3) is 0.636. The van der Waals surface area contributed by atoms with Crippen molar-refractivity contribution in [1.29, 1.82) is 0 Å². The third-order valence-electron chi connectivity index (χ3n) is 1.97. The van der Waals surface area contributed by atoms with E-state index in [1.165, 1.54) is 0 Å². The Hall–Kier alpha value is -0.460. The van der Waals surface area contributed by atoms with Gasteiger partial charge in [-0.05, 0) is 19.6 Å². The zero-order valence-electron chi connectivity index (χ0n) is 10.5. The lowest BCUT2D eigenvalue weighted by Crippen LogP contribution is -2.02. The second kappa shape index (κ2) is 8.60. The third kappa shape index (κ3) is 5.61. The van der Waals surface area contributed by atoms with Gasteiger partial charge < -0.3 is 10.1 Å². The van der Waals surface area contributed by atoms with Gasteiger partial charge in [-0.2, -0.15) is 0 Å². The van der Waals surface area contributed by atoms with Gasteiger partial charge in [0.1, 0.15) is 10.8 Å². The highest BCUT2D eigenvalue weighted by atomic mass is 32.2. The van der Waals surface area contributed by atoms with Crippen molar-refractivity contribution in [2.24, 2.45) is 0 Å². The lowest BCUT2D eigenvalue weighted by atomic mass is 10.5. The summed E-state index contributed by atoms with van der Waals surface area (Å²) in [4.78, 5) is 8.85. The molecule has 0 aliphatic heterocycles. The lowest BCUT2D eigenvalue weighted by Gasteiger charge is -2.07. The van der Waals surface area contributed by atoms with Gasteiger partial charge in [0.15, 0.2) is 5.16 Å². The summed E-state index contributed by atoms with van der Waals surface area (Å²) < 4.78 is 5.02. The minimum Gasteiger partial charge on any atom is -0.385 e. The van der Waals surface area contributed by atoms with Gasteiger partial charge in [0.25, 0.3) is 0 Å². The first-order chi connectivity index (χ1) is 8.30. The van der Waals surface area contributed by atoms with Gasteiger partial charge in [0, 0.05) is 32.1 Å². The summed E-state index contributed by atoms with van der Waals surface area (Å²) in [7, 11) is 1.73. The average Bonchev–Trinajstić information content (AvgIpc) is 2.35. The van der Waals surface area contributed by atoms with E-state index < -0.39 is 0 Å². The molecule has 0 radical (unpaired) electrons. The summed E-state index contributed by atoms with van der Waals surface area (Å²) >= 11 is 3.31. The fourth-order valence-corrected chi connectivity index (χ4v) is 2.48. The fourth-order valence-electron chi connectivity index (χ4n) is 1.22. The lowest BCUT2D eigenvalue weighted by molar-refractivity contribution is 0.200. The Balaban J connectivity index is 2.59. The Morgan fingerprint density at radius 1 is 1.41 bits per heavy atom. The molecule has 0 saturated carbocycles. The van der Waals surface area contributed by atoms with E-state index in [1.807, 2.05) is 12.3 Å². The molecule has 96 valence electrons. The standard InChI is InChI=1S/C11H19N3OS2/c1-4-12-9-8-10(14-11(13-9)16-3)17-7-5-6-15-2/h8H,4-7H2,1-3H3,(H,12,13,14). The van der Waals surface area contributed by atoms with Gasteiger partial charge in [0.05, 0.1) is 0 Å². The van der Waals surface area contributed by atoms with E-state index in [0.29, 0.717) is 0 Å². The average molecular weight is 273 g/mol. The summed E-state index contributed by atoms with van der Waals surface area (Å²) in [5.74, 6) is 1.92. The largest absolute Gasteiger partial charge is 0.385 e. The molecule has 0 aliphatic carbocycles. The van der Waals surface area contributed by atoms with Crippen LogP contribution in [0.2, 0.25) is 0 Å². The highest BCUT2D eigenvalue weighted by molar-refractivity contribution is 7.99. The topological polar surface area (TPSA) is 47.0 Å². The van der Waals surface area contributed by atoms with Crippen LogP contribution in [0.15, 0.2) is 16.2 Å². The second-order valence-corrected chi connectivity index (χ2v) is 5.19. The molecule has 1 aromatic rings. The van der Waals surface area contributed by atoms with E-state index in [4.69, 9.17) is 4.74 Å². The maximum absolute atomic E-state index is 5.02. The molecule has 4 nitrogen and oxygen atoms in total. The quantitative estimate of drug-likeness (QED) is 0.340. The Labute approximate surface area is 111 Å². The molecule has 1 aromatic heterocycles. The van der Waals surface area contributed by atoms with Gasteiger partial charge in [-0.15, -0.1) is 11.8 Å². The maximum Gasteiger partial charge on any atom is 0.190 e. The molecule has 0 aliphatic rings. The van der Waals surface area contributed by atoms with Gasteiger partial charge >= 0.3 is 0 Å². The molecule has 1 rings (SSSR count). The molecule has 1 heterocycles. The van der Waals surface area contributed by atoms with Crippen LogP contribution in [0, 0.1) is 0 Å². The minimum absolute atomic E-state index is 0.799. The maximum atomic E-state index is 5.02. The Kier molecular flexibility index (Phi) is 7.39. The van der Waals surface area contributed by atoms with Crippen LogP contribution in [0.3, 0.4) is 0 Å². The molecule has 0 saturated heterocycles. The van der Waals surface area contributed by atoms with Crippen LogP contribution >= 0.6 is 23.5 Å². The normalized spacial score (nSPS) is 10.5. The van der Waals surface area contributed by atoms with Crippen molar-refractivity contribution >= 4 is 29.3 Å². The summed E-state index contributed by atoms with van der Waals surface area (Å²) in [6.45, 7) is 3.73. The van der Waals surface area contributed by atoms with Gasteiger partial charge in [0.2, 0.25) is 0 Å². The summed E-state index contributed by atoms with van der Waals surface area (Å²) in [6, 6.07) is 2.00. The third-order valence-corrected chi connectivity index (χ3v) is 3.51. The first-order valence-electron chi connectivity index (χ1n) is 5.58. The second-order valence-electron chi connectivity index (χ2n) is 3.30. The van der Waals surface area contributed by atoms with Crippen molar-refractivity contribution in [2.45, 2.75) is 23.5 Å². The first kappa shape index (κ1) is 14.6.